The highest BCUT2D eigenvalue weighted by Gasteiger charge is 2.33. The second-order valence-corrected chi connectivity index (χ2v) is 9.50. The van der Waals surface area contributed by atoms with Crippen LogP contribution in [0.2, 0.25) is 0 Å². The number of rotatable bonds is 4. The zero-order chi connectivity index (χ0) is 23.2. The van der Waals surface area contributed by atoms with Crippen LogP contribution in [0.15, 0.2) is 41.3 Å². The molecule has 0 bridgehead atoms. The topological polar surface area (TPSA) is 76.6 Å². The molecule has 4 rings (SSSR count). The number of hydrogen-bond donors (Lipinski definition) is 0. The molecule has 1 aliphatic heterocycles. The number of halogens is 3. The first-order valence-electron chi connectivity index (χ1n) is 9.75. The third-order valence-electron chi connectivity index (χ3n) is 5.44. The molecule has 2 aromatic carbocycles. The number of fused-ring (bicyclic) bond motifs is 1. The second kappa shape index (κ2) is 8.18. The summed E-state index contributed by atoms with van der Waals surface area (Å²) in [5, 5.41) is 0.677. The highest BCUT2D eigenvalue weighted by molar-refractivity contribution is 7.89. The van der Waals surface area contributed by atoms with Crippen LogP contribution < -0.4 is 0 Å². The Morgan fingerprint density at radius 3 is 2.44 bits per heavy atom. The van der Waals surface area contributed by atoms with Crippen molar-refractivity contribution in [1.82, 2.24) is 9.29 Å². The molecule has 0 aliphatic carbocycles. The molecule has 32 heavy (non-hydrogen) atoms. The molecule has 0 spiro atoms. The van der Waals surface area contributed by atoms with Crippen molar-refractivity contribution in [2.75, 3.05) is 20.2 Å². The lowest BCUT2D eigenvalue weighted by Crippen LogP contribution is -2.29. The van der Waals surface area contributed by atoms with Crippen LogP contribution in [0.4, 0.5) is 13.2 Å². The van der Waals surface area contributed by atoms with Gasteiger partial charge in [-0.3, -0.25) is 0 Å². The number of carbonyl (C=O) groups is 1. The summed E-state index contributed by atoms with van der Waals surface area (Å²) in [6.45, 7) is 1.32. The number of carbonyl (C=O) groups excluding carboxylic acids is 1. The lowest BCUT2D eigenvalue weighted by atomic mass is 10.0. The zero-order valence-corrected chi connectivity index (χ0v) is 18.0. The maximum atomic E-state index is 15.0. The smallest absolute Gasteiger partial charge is 0.337 e. The second-order valence-electron chi connectivity index (χ2n) is 7.56. The van der Waals surface area contributed by atoms with Crippen LogP contribution in [0.5, 0.6) is 0 Å². The Balaban J connectivity index is 1.81. The summed E-state index contributed by atoms with van der Waals surface area (Å²) in [6, 6.07) is 7.57. The molecular formula is C22H19F3N2O4S. The van der Waals surface area contributed by atoms with Crippen LogP contribution in [0.3, 0.4) is 0 Å². The van der Waals surface area contributed by atoms with E-state index in [9.17, 15) is 26.4 Å². The molecular weight excluding hydrogens is 445 g/mol. The molecule has 1 atom stereocenters. The minimum Gasteiger partial charge on any atom is -0.465 e. The molecule has 1 aromatic heterocycles. The van der Waals surface area contributed by atoms with Crippen LogP contribution >= 0.6 is 0 Å². The molecule has 0 N–H and O–H groups in total. The molecule has 1 saturated heterocycles. The van der Waals surface area contributed by atoms with Crippen LogP contribution in [0.25, 0.3) is 22.2 Å². The summed E-state index contributed by atoms with van der Waals surface area (Å²) < 4.78 is 74.3. The van der Waals surface area contributed by atoms with Crippen molar-refractivity contribution >= 4 is 26.9 Å². The third kappa shape index (κ3) is 3.84. The molecule has 6 nitrogen and oxygen atoms in total. The van der Waals surface area contributed by atoms with E-state index in [2.05, 4.69) is 4.98 Å². The number of ether oxygens (including phenoxy) is 1. The van der Waals surface area contributed by atoms with E-state index in [1.165, 1.54) is 19.2 Å². The summed E-state index contributed by atoms with van der Waals surface area (Å²) in [4.78, 5) is 15.5. The van der Waals surface area contributed by atoms with Crippen molar-refractivity contribution in [2.24, 2.45) is 0 Å². The van der Waals surface area contributed by atoms with Gasteiger partial charge < -0.3 is 4.74 Å². The summed E-state index contributed by atoms with van der Waals surface area (Å²) in [5.41, 5.74) is 0.652. The van der Waals surface area contributed by atoms with Gasteiger partial charge in [0.15, 0.2) is 0 Å². The predicted molar refractivity (Wildman–Crippen MR) is 111 cm³/mol. The fraction of sp³-hybridized carbons (Fsp3) is 0.273. The number of aromatic nitrogens is 1. The summed E-state index contributed by atoms with van der Waals surface area (Å²) >= 11 is 0. The highest BCUT2D eigenvalue weighted by atomic mass is 32.2. The van der Waals surface area contributed by atoms with E-state index in [0.29, 0.717) is 28.6 Å². The highest BCUT2D eigenvalue weighted by Crippen LogP contribution is 2.32. The monoisotopic (exact) mass is 464 g/mol. The predicted octanol–water partition coefficient (Wildman–Crippen LogP) is 4.01. The summed E-state index contributed by atoms with van der Waals surface area (Å²) in [5.74, 6) is -2.81. The average Bonchev–Trinajstić information content (AvgIpc) is 3.19. The Kier molecular flexibility index (Phi) is 5.68. The van der Waals surface area contributed by atoms with Crippen LogP contribution in [-0.2, 0) is 14.8 Å². The molecule has 1 aliphatic rings. The van der Waals surface area contributed by atoms with E-state index in [1.54, 1.807) is 19.1 Å². The molecule has 0 unspecified atom stereocenters. The largest absolute Gasteiger partial charge is 0.465 e. The number of esters is 1. The van der Waals surface area contributed by atoms with Crippen molar-refractivity contribution in [3.63, 3.8) is 0 Å². The number of benzene rings is 2. The molecule has 3 aromatic rings. The Bertz CT molecular complexity index is 1320. The van der Waals surface area contributed by atoms with Gasteiger partial charge in [0.25, 0.3) is 0 Å². The maximum Gasteiger partial charge on any atom is 0.337 e. The summed E-state index contributed by atoms with van der Waals surface area (Å²) in [6.07, 6.45) is -1.27. The van der Waals surface area contributed by atoms with Crippen LogP contribution in [-0.4, -0.2) is 50.0 Å². The molecule has 2 heterocycles. The van der Waals surface area contributed by atoms with Crippen LogP contribution in [0, 0.1) is 18.6 Å². The first kappa shape index (κ1) is 22.2. The van der Waals surface area contributed by atoms with Crippen molar-refractivity contribution in [2.45, 2.75) is 24.4 Å². The molecule has 0 amide bonds. The minimum atomic E-state index is -4.23. The van der Waals surface area contributed by atoms with E-state index in [0.717, 1.165) is 4.31 Å². The molecule has 0 saturated carbocycles. The van der Waals surface area contributed by atoms with Crippen molar-refractivity contribution < 1.29 is 31.1 Å². The van der Waals surface area contributed by atoms with Crippen LogP contribution in [0.1, 0.15) is 22.3 Å². The lowest BCUT2D eigenvalue weighted by molar-refractivity contribution is 0.0601. The number of aryl methyl sites for hydroxylation is 1. The fourth-order valence-electron chi connectivity index (χ4n) is 3.77. The van der Waals surface area contributed by atoms with Gasteiger partial charge in [-0.05, 0) is 49.2 Å². The van der Waals surface area contributed by atoms with Crippen molar-refractivity contribution in [1.29, 1.82) is 0 Å². The number of hydrogen-bond acceptors (Lipinski definition) is 5. The van der Waals surface area contributed by atoms with Gasteiger partial charge in [0.05, 0.1) is 34.3 Å². The van der Waals surface area contributed by atoms with Gasteiger partial charge in [0, 0.05) is 18.5 Å². The molecule has 1 fully saturated rings. The number of pyridine rings is 1. The number of methoxy groups -OCH3 is 1. The Labute approximate surface area is 182 Å². The number of nitrogens with zero attached hydrogens (tertiary/aromatic N) is 2. The van der Waals surface area contributed by atoms with E-state index in [-0.39, 0.29) is 30.8 Å². The van der Waals surface area contributed by atoms with Gasteiger partial charge in [-0.1, -0.05) is 6.07 Å². The Morgan fingerprint density at radius 2 is 1.84 bits per heavy atom. The average molecular weight is 464 g/mol. The van der Waals surface area contributed by atoms with Gasteiger partial charge in [0.1, 0.15) is 17.8 Å². The number of alkyl halides is 1. The van der Waals surface area contributed by atoms with E-state index in [1.807, 2.05) is 0 Å². The maximum absolute atomic E-state index is 15.0. The molecule has 168 valence electrons. The van der Waals surface area contributed by atoms with E-state index in [4.69, 9.17) is 4.74 Å². The minimum absolute atomic E-state index is 0.0378. The first-order valence-corrected chi connectivity index (χ1v) is 11.2. The lowest BCUT2D eigenvalue weighted by Gasteiger charge is -2.16. The van der Waals surface area contributed by atoms with Gasteiger partial charge >= 0.3 is 5.97 Å². The van der Waals surface area contributed by atoms with Crippen molar-refractivity contribution in [3.05, 3.63) is 59.2 Å². The van der Waals surface area contributed by atoms with Gasteiger partial charge in [0.2, 0.25) is 10.0 Å². The van der Waals surface area contributed by atoms with E-state index < -0.39 is 44.3 Å². The molecule has 0 radical (unpaired) electrons. The van der Waals surface area contributed by atoms with Gasteiger partial charge in [-0.2, -0.15) is 4.31 Å². The fourth-order valence-corrected chi connectivity index (χ4v) is 5.28. The quantitative estimate of drug-likeness (QED) is 0.546. The normalized spacial score (nSPS) is 17.1. The Hall–Kier alpha value is -2.98. The van der Waals surface area contributed by atoms with Gasteiger partial charge in [-0.25, -0.2) is 31.4 Å². The molecule has 10 heteroatoms. The van der Waals surface area contributed by atoms with Crippen molar-refractivity contribution in [3.8, 4) is 11.3 Å². The summed E-state index contributed by atoms with van der Waals surface area (Å²) in [7, 11) is -3.00. The standard InChI is InChI=1S/C22H19F3N2O4S/c1-12-7-20(26-19-8-13(22(28)31-2)3-4-16(12)19)21-17(24)9-15(10-18(21)25)32(29,30)27-6-5-14(23)11-27/h3-4,7-10,14H,5-6,11H2,1-2H3/t14-/m0/s1. The van der Waals surface area contributed by atoms with E-state index >= 15 is 0 Å². The first-order chi connectivity index (χ1) is 15.1. The SMILES string of the molecule is COC(=O)c1ccc2c(C)cc(-c3c(F)cc(S(=O)(=O)N4CC[C@H](F)C4)cc3F)nc2c1. The Morgan fingerprint density at radius 1 is 1.16 bits per heavy atom. The third-order valence-corrected chi connectivity index (χ3v) is 7.28. The van der Waals surface area contributed by atoms with Gasteiger partial charge in [-0.15, -0.1) is 0 Å². The number of sulfonamides is 1. The zero-order valence-electron chi connectivity index (χ0n) is 17.2.